The van der Waals surface area contributed by atoms with Gasteiger partial charge < -0.3 is 21.7 Å². The second-order valence-electron chi connectivity index (χ2n) is 2.18. The second-order valence-corrected chi connectivity index (χ2v) is 2.49. The van der Waals surface area contributed by atoms with Crippen LogP contribution in [0.25, 0.3) is 11.5 Å². The maximum atomic E-state index is 9.51. The molecule has 0 bridgehead atoms. The van der Waals surface area contributed by atoms with Crippen LogP contribution >= 0.6 is 0 Å². The molecule has 0 radical (unpaired) electrons. The van der Waals surface area contributed by atoms with Gasteiger partial charge in [-0.15, -0.1) is 0 Å². The first kappa shape index (κ1) is 19.6. The molecule has 0 rings (SSSR count). The zero-order chi connectivity index (χ0) is 13.0. The van der Waals surface area contributed by atoms with Crippen molar-refractivity contribution in [2.45, 2.75) is 25.9 Å². The van der Waals surface area contributed by atoms with Gasteiger partial charge >= 0.3 is 24.6 Å². The van der Waals surface area contributed by atoms with Crippen LogP contribution in [0.1, 0.15) is 13.8 Å². The first-order valence-corrected chi connectivity index (χ1v) is 4.99. The minimum absolute atomic E-state index is 0.981. The van der Waals surface area contributed by atoms with Crippen LogP contribution in [0.3, 0.4) is 0 Å². The van der Waals surface area contributed by atoms with E-state index in [0.717, 1.165) is 0 Å². The summed E-state index contributed by atoms with van der Waals surface area (Å²) < 4.78 is 17.0. The van der Waals surface area contributed by atoms with Gasteiger partial charge in [0, 0.05) is 0 Å². The molecule has 0 aromatic heterocycles. The molecule has 4 N–H and O–H groups in total. The Morgan fingerprint density at radius 3 is 1.07 bits per heavy atom. The summed E-state index contributed by atoms with van der Waals surface area (Å²) in [5.74, 6) is -2.15. The van der Waals surface area contributed by atoms with Gasteiger partial charge in [-0.1, -0.05) is 13.8 Å². The van der Waals surface area contributed by atoms with Crippen molar-refractivity contribution in [3.63, 3.8) is 0 Å². The van der Waals surface area contributed by atoms with Crippen LogP contribution in [0, 0.1) is 0 Å². The van der Waals surface area contributed by atoms with Crippen molar-refractivity contribution < 1.29 is 44.4 Å². The number of hydrogen-bond donors (Lipinski definition) is 2. The van der Waals surface area contributed by atoms with Crippen LogP contribution in [-0.2, 0) is 34.2 Å². The molecule has 0 aromatic rings. The summed E-state index contributed by atoms with van der Waals surface area (Å²) in [5.41, 5.74) is 12.9. The Morgan fingerprint density at radius 2 is 1.07 bits per heavy atom. The molecule has 0 spiro atoms. The number of nitrogens with one attached hydrogen (secondary N) is 2. The molecular weight excluding hydrogens is 295 g/mol. The molecule has 0 aliphatic heterocycles. The molecule has 2 atom stereocenters. The summed E-state index contributed by atoms with van der Waals surface area (Å²) in [5, 5.41) is 15.6. The van der Waals surface area contributed by atoms with Crippen molar-refractivity contribution in [3.05, 3.63) is 11.5 Å². The van der Waals surface area contributed by atoms with Crippen molar-refractivity contribution in [2.24, 2.45) is 0 Å². The standard InChI is InChI=1S/2C3H6NO2.2O.Tc/c2*1-2(4)3(5)6;;;/h2*2,4H,1H3,(H,5,6);;;/q2*-1;;;+3/i;;;;1+1. The fourth-order valence-electron chi connectivity index (χ4n) is 0. The zero-order valence-corrected chi connectivity index (χ0v) is 9.92. The molecule has 2 unspecified atom stereocenters. The van der Waals surface area contributed by atoms with Crippen molar-refractivity contribution in [3.8, 4) is 0 Å². The summed E-state index contributed by atoms with van der Waals surface area (Å²) in [4.78, 5) is 19.0. The molecule has 9 heteroatoms. The van der Waals surface area contributed by atoms with E-state index in [1.165, 1.54) is 13.8 Å². The predicted molar refractivity (Wildman–Crippen MR) is 44.2 cm³/mol. The number of carbonyl (C=O) groups is 2. The van der Waals surface area contributed by atoms with Crippen molar-refractivity contribution >= 4 is 11.9 Å². The Hall–Kier alpha value is -0.891. The first-order valence-electron chi connectivity index (χ1n) is 3.47. The quantitative estimate of drug-likeness (QED) is 0.767. The van der Waals surface area contributed by atoms with E-state index in [1.807, 2.05) is 0 Å². The monoisotopic (exact) mass is 307 g/mol. The molecule has 0 amide bonds. The topological polar surface area (TPSA) is 156 Å². The van der Waals surface area contributed by atoms with Crippen LogP contribution in [-0.4, -0.2) is 34.2 Å². The summed E-state index contributed by atoms with van der Waals surface area (Å²) in [6.45, 7) is 2.62. The van der Waals surface area contributed by atoms with Crippen molar-refractivity contribution in [1.29, 1.82) is 0 Å². The van der Waals surface area contributed by atoms with Gasteiger partial charge in [0.05, 0.1) is 0 Å². The fraction of sp³-hybridized carbons (Fsp3) is 0.667. The third-order valence-corrected chi connectivity index (χ3v) is 0.741. The molecule has 88 valence electrons. The maximum absolute atomic E-state index is 9.51. The summed E-state index contributed by atoms with van der Waals surface area (Å²) in [7, 11) is 0. The summed E-state index contributed by atoms with van der Waals surface area (Å²) in [6, 6.07) is -1.96. The first-order chi connectivity index (χ1) is 6.70. The third kappa shape index (κ3) is 32.0. The van der Waals surface area contributed by atoms with Gasteiger partial charge in [0.15, 0.2) is 0 Å². The average molecular weight is 307 g/mol. The van der Waals surface area contributed by atoms with Gasteiger partial charge in [0.2, 0.25) is 0 Å². The van der Waals surface area contributed by atoms with E-state index >= 15 is 0 Å². The van der Waals surface area contributed by atoms with Gasteiger partial charge in [0.25, 0.3) is 11.9 Å². The fourth-order valence-corrected chi connectivity index (χ4v) is 0. The van der Waals surface area contributed by atoms with Crippen LogP contribution in [0.15, 0.2) is 0 Å². The van der Waals surface area contributed by atoms with E-state index in [-0.39, 0.29) is 0 Å². The Bertz CT molecular complexity index is 206. The Balaban J connectivity index is -0.000000153. The average Bonchev–Trinajstić information content (AvgIpc) is 2.06. The predicted octanol–water partition coefficient (Wildman–Crippen LogP) is 0.783. The molecule has 0 heterocycles. The van der Waals surface area contributed by atoms with Crippen LogP contribution in [0.4, 0.5) is 0 Å². The van der Waals surface area contributed by atoms with E-state index in [2.05, 4.69) is 0 Å². The summed E-state index contributed by atoms with van der Waals surface area (Å²) in [6.07, 6.45) is 0. The van der Waals surface area contributed by atoms with E-state index in [0.29, 0.717) is 0 Å². The Morgan fingerprint density at radius 1 is 1.00 bits per heavy atom. The second kappa shape index (κ2) is 13.1. The number of carboxylic acid groups (broad SMARTS) is 2. The number of hydrogen-bond acceptors (Lipinski definition) is 4. The van der Waals surface area contributed by atoms with Crippen LogP contribution < -0.4 is 0 Å². The molecule has 0 aliphatic rings. The molecule has 0 aliphatic carbocycles. The van der Waals surface area contributed by atoms with Gasteiger partial charge in [-0.05, 0) is 12.1 Å². The summed E-state index contributed by atoms with van der Waals surface area (Å²) >= 11 is -1.91. The van der Waals surface area contributed by atoms with Gasteiger partial charge in [-0.2, -0.15) is 0 Å². The van der Waals surface area contributed by atoms with E-state index < -0.39 is 41.6 Å². The minimum atomic E-state index is -1.91. The third-order valence-electron chi connectivity index (χ3n) is 0.741. The van der Waals surface area contributed by atoms with Crippen molar-refractivity contribution in [1.82, 2.24) is 0 Å². The normalized spacial score (nSPS) is 11.5. The molecule has 0 aromatic carbocycles. The van der Waals surface area contributed by atoms with Crippen molar-refractivity contribution in [2.75, 3.05) is 0 Å². The SMILES string of the molecule is CC([NH-])C(=O)O.CC([NH-])C(=O)O.[O]=[99Tc+3]=[O]. The molecular formula is C6H12N2O6Tc+. The molecule has 0 saturated heterocycles. The number of aliphatic carboxylic acids is 2. The van der Waals surface area contributed by atoms with Crippen LogP contribution in [0.5, 0.6) is 0 Å². The van der Waals surface area contributed by atoms with E-state index in [9.17, 15) is 9.59 Å². The van der Waals surface area contributed by atoms with E-state index in [1.54, 1.807) is 0 Å². The molecule has 15 heavy (non-hydrogen) atoms. The van der Waals surface area contributed by atoms with Gasteiger partial charge in [-0.3, -0.25) is 9.59 Å². The molecule has 0 saturated carbocycles. The molecule has 8 nitrogen and oxygen atoms in total. The van der Waals surface area contributed by atoms with Gasteiger partial charge in [0.1, 0.15) is 0 Å². The number of carboxylic acids is 2. The van der Waals surface area contributed by atoms with Gasteiger partial charge in [-0.25, -0.2) is 0 Å². The zero-order valence-electron chi connectivity index (χ0n) is 8.06. The van der Waals surface area contributed by atoms with Crippen LogP contribution in [0.2, 0.25) is 0 Å². The van der Waals surface area contributed by atoms with E-state index in [4.69, 9.17) is 28.7 Å². The Kier molecular flexibility index (Phi) is 17.2. The molecule has 0 fully saturated rings. The Labute approximate surface area is 94.2 Å². The number of rotatable bonds is 2.